The Morgan fingerprint density at radius 2 is 1.50 bits per heavy atom. The van der Waals surface area contributed by atoms with E-state index >= 15 is 0 Å². The van der Waals surface area contributed by atoms with E-state index in [9.17, 15) is 21.2 Å². The molecule has 0 atom stereocenters. The van der Waals surface area contributed by atoms with E-state index in [0.717, 1.165) is 0 Å². The van der Waals surface area contributed by atoms with Crippen LogP contribution in [-0.4, -0.2) is 52.2 Å². The van der Waals surface area contributed by atoms with Crippen molar-refractivity contribution in [1.29, 1.82) is 0 Å². The molecule has 2 aromatic carbocycles. The SMILES string of the molecule is NS(=O)(=O)c1ccc(S(=O)(=O)N2CCN(Cc3ccc(Br)cc3F)CC2)cc1. The standard InChI is InChI=1S/C17H19BrFN3O4S2/c18-14-2-1-13(17(19)11-14)12-21-7-9-22(10-8-21)28(25,26)16-5-3-15(4-6-16)27(20,23)24/h1-6,11H,7-10,12H2,(H2,20,23,24). The van der Waals surface area contributed by atoms with Crippen LogP contribution >= 0.6 is 15.9 Å². The Bertz CT molecular complexity index is 1070. The third-order valence-electron chi connectivity index (χ3n) is 4.53. The van der Waals surface area contributed by atoms with E-state index in [1.165, 1.54) is 34.6 Å². The van der Waals surface area contributed by atoms with Crippen LogP contribution in [0.3, 0.4) is 0 Å². The Hall–Kier alpha value is -1.37. The average Bonchev–Trinajstić information content (AvgIpc) is 2.64. The molecule has 0 spiro atoms. The van der Waals surface area contributed by atoms with Crippen LogP contribution in [0.25, 0.3) is 0 Å². The lowest BCUT2D eigenvalue weighted by atomic mass is 10.2. The van der Waals surface area contributed by atoms with E-state index in [-0.39, 0.29) is 28.7 Å². The van der Waals surface area contributed by atoms with Gasteiger partial charge in [-0.2, -0.15) is 4.31 Å². The fourth-order valence-electron chi connectivity index (χ4n) is 2.97. The van der Waals surface area contributed by atoms with Crippen molar-refractivity contribution in [2.45, 2.75) is 16.3 Å². The summed E-state index contributed by atoms with van der Waals surface area (Å²) >= 11 is 3.22. The predicted octanol–water partition coefficient (Wildman–Crippen LogP) is 1.74. The molecule has 2 N–H and O–H groups in total. The molecule has 1 saturated heterocycles. The maximum absolute atomic E-state index is 14.0. The van der Waals surface area contributed by atoms with Gasteiger partial charge in [-0.3, -0.25) is 4.90 Å². The second-order valence-electron chi connectivity index (χ2n) is 6.43. The van der Waals surface area contributed by atoms with Gasteiger partial charge in [0.2, 0.25) is 20.0 Å². The summed E-state index contributed by atoms with van der Waals surface area (Å²) in [7, 11) is -7.63. The number of nitrogens with zero attached hydrogens (tertiary/aromatic N) is 2. The number of sulfonamides is 2. The molecule has 1 heterocycles. The van der Waals surface area contributed by atoms with Gasteiger partial charge in [0.15, 0.2) is 0 Å². The van der Waals surface area contributed by atoms with E-state index in [4.69, 9.17) is 5.14 Å². The zero-order valence-electron chi connectivity index (χ0n) is 14.8. The molecule has 0 unspecified atom stereocenters. The summed E-state index contributed by atoms with van der Waals surface area (Å²) in [6, 6.07) is 9.70. The Morgan fingerprint density at radius 3 is 2.04 bits per heavy atom. The van der Waals surface area contributed by atoms with Gasteiger partial charge in [-0.15, -0.1) is 0 Å². The number of primary sulfonamides is 1. The molecule has 0 aliphatic carbocycles. The molecule has 0 aromatic heterocycles. The maximum Gasteiger partial charge on any atom is 0.243 e. The van der Waals surface area contributed by atoms with Crippen molar-refractivity contribution in [3.8, 4) is 0 Å². The normalized spacial score (nSPS) is 17.0. The number of hydrogen-bond donors (Lipinski definition) is 1. The monoisotopic (exact) mass is 491 g/mol. The van der Waals surface area contributed by atoms with Crippen LogP contribution in [0, 0.1) is 5.82 Å². The zero-order chi connectivity index (χ0) is 20.5. The molecule has 152 valence electrons. The lowest BCUT2D eigenvalue weighted by molar-refractivity contribution is 0.180. The smallest absolute Gasteiger partial charge is 0.243 e. The molecule has 7 nitrogen and oxygen atoms in total. The molecule has 11 heteroatoms. The Balaban J connectivity index is 1.66. The Labute approximate surface area is 172 Å². The van der Waals surface area contributed by atoms with Crippen LogP contribution in [0.15, 0.2) is 56.7 Å². The minimum Gasteiger partial charge on any atom is -0.296 e. The number of piperazine rings is 1. The van der Waals surface area contributed by atoms with E-state index in [1.54, 1.807) is 12.1 Å². The van der Waals surface area contributed by atoms with Crippen molar-refractivity contribution >= 4 is 36.0 Å². The first-order valence-corrected chi connectivity index (χ1v) is 12.1. The van der Waals surface area contributed by atoms with Gasteiger partial charge < -0.3 is 0 Å². The minimum atomic E-state index is -3.88. The third kappa shape index (κ3) is 4.78. The zero-order valence-corrected chi connectivity index (χ0v) is 18.0. The number of hydrogen-bond acceptors (Lipinski definition) is 5. The van der Waals surface area contributed by atoms with Crippen LogP contribution in [0.2, 0.25) is 0 Å². The van der Waals surface area contributed by atoms with Gasteiger partial charge in [0.1, 0.15) is 5.82 Å². The quantitative estimate of drug-likeness (QED) is 0.686. The van der Waals surface area contributed by atoms with Crippen LogP contribution in [0.1, 0.15) is 5.56 Å². The van der Waals surface area contributed by atoms with Gasteiger partial charge in [0, 0.05) is 42.8 Å². The lowest BCUT2D eigenvalue weighted by Crippen LogP contribution is -2.48. The van der Waals surface area contributed by atoms with Crippen LogP contribution in [0.5, 0.6) is 0 Å². The molecular weight excluding hydrogens is 473 g/mol. The molecule has 0 bridgehead atoms. The molecule has 0 radical (unpaired) electrons. The minimum absolute atomic E-state index is 0.00676. The summed E-state index contributed by atoms with van der Waals surface area (Å²) in [5.74, 6) is -0.306. The highest BCUT2D eigenvalue weighted by Crippen LogP contribution is 2.21. The molecule has 1 fully saturated rings. The van der Waals surface area contributed by atoms with Crippen LogP contribution in [-0.2, 0) is 26.6 Å². The van der Waals surface area contributed by atoms with E-state index in [0.29, 0.717) is 29.7 Å². The average molecular weight is 492 g/mol. The van der Waals surface area contributed by atoms with E-state index in [2.05, 4.69) is 15.9 Å². The van der Waals surface area contributed by atoms with Crippen LogP contribution < -0.4 is 5.14 Å². The fraction of sp³-hybridized carbons (Fsp3) is 0.294. The highest BCUT2D eigenvalue weighted by Gasteiger charge is 2.29. The van der Waals surface area contributed by atoms with Crippen molar-refractivity contribution in [2.75, 3.05) is 26.2 Å². The second kappa shape index (κ2) is 8.17. The highest BCUT2D eigenvalue weighted by molar-refractivity contribution is 9.10. The lowest BCUT2D eigenvalue weighted by Gasteiger charge is -2.34. The van der Waals surface area contributed by atoms with Gasteiger partial charge in [-0.25, -0.2) is 26.4 Å². The van der Waals surface area contributed by atoms with Gasteiger partial charge in [-0.05, 0) is 36.4 Å². The summed E-state index contributed by atoms with van der Waals surface area (Å²) in [4.78, 5) is 1.85. The van der Waals surface area contributed by atoms with E-state index in [1.807, 2.05) is 4.90 Å². The van der Waals surface area contributed by atoms with Crippen molar-refractivity contribution < 1.29 is 21.2 Å². The Morgan fingerprint density at radius 1 is 0.929 bits per heavy atom. The molecule has 28 heavy (non-hydrogen) atoms. The molecule has 2 aromatic rings. The summed E-state index contributed by atoms with van der Waals surface area (Å²) in [5.41, 5.74) is 0.554. The summed E-state index contributed by atoms with van der Waals surface area (Å²) in [6.07, 6.45) is 0. The van der Waals surface area contributed by atoms with Crippen molar-refractivity contribution in [3.05, 3.63) is 58.3 Å². The summed E-state index contributed by atoms with van der Waals surface area (Å²) < 4.78 is 64.1. The fourth-order valence-corrected chi connectivity index (χ4v) is 5.24. The molecule has 0 saturated carbocycles. The molecule has 1 aliphatic rings. The Kier molecular flexibility index (Phi) is 6.23. The first-order valence-electron chi connectivity index (χ1n) is 8.37. The van der Waals surface area contributed by atoms with Gasteiger partial charge >= 0.3 is 0 Å². The maximum atomic E-state index is 14.0. The number of halogens is 2. The summed E-state index contributed by atoms with van der Waals surface area (Å²) in [5, 5.41) is 5.03. The van der Waals surface area contributed by atoms with Crippen LogP contribution in [0.4, 0.5) is 4.39 Å². The van der Waals surface area contributed by atoms with Gasteiger partial charge in [0.05, 0.1) is 9.79 Å². The number of benzene rings is 2. The largest absolute Gasteiger partial charge is 0.296 e. The van der Waals surface area contributed by atoms with Gasteiger partial charge in [-0.1, -0.05) is 22.0 Å². The molecule has 1 aliphatic heterocycles. The van der Waals surface area contributed by atoms with Crippen molar-refractivity contribution in [1.82, 2.24) is 9.21 Å². The topological polar surface area (TPSA) is 101 Å². The van der Waals surface area contributed by atoms with Gasteiger partial charge in [0.25, 0.3) is 0 Å². The first kappa shape index (κ1) is 21.3. The second-order valence-corrected chi connectivity index (χ2v) is 10.8. The molecule has 0 amide bonds. The number of nitrogens with two attached hydrogens (primary N) is 1. The van der Waals surface area contributed by atoms with Crippen molar-refractivity contribution in [2.24, 2.45) is 5.14 Å². The van der Waals surface area contributed by atoms with E-state index < -0.39 is 20.0 Å². The highest BCUT2D eigenvalue weighted by atomic mass is 79.9. The number of rotatable bonds is 5. The predicted molar refractivity (Wildman–Crippen MR) is 106 cm³/mol. The van der Waals surface area contributed by atoms with Crippen molar-refractivity contribution in [3.63, 3.8) is 0 Å². The molecule has 3 rings (SSSR count). The third-order valence-corrected chi connectivity index (χ3v) is 7.87. The first-order chi connectivity index (χ1) is 13.1. The molecular formula is C17H19BrFN3O4S2. The summed E-state index contributed by atoms with van der Waals surface area (Å²) in [6.45, 7) is 1.85.